The van der Waals surface area contributed by atoms with Crippen LogP contribution in [0.15, 0.2) is 51.7 Å². The number of aromatic nitrogens is 1. The highest BCUT2D eigenvalue weighted by Crippen LogP contribution is 2.43. The Morgan fingerprint density at radius 3 is 2.67 bits per heavy atom. The fraction of sp³-hybridized carbons (Fsp3) is 0.167. The molecule has 9 heteroatoms. The molecule has 5 rings (SSSR count). The number of carbonyl (C=O) groups excluding carboxylic acids is 2. The largest absolute Gasteiger partial charge is 0.465 e. The molecule has 0 N–H and O–H groups in total. The van der Waals surface area contributed by atoms with Crippen LogP contribution < -0.4 is 10.3 Å². The molecule has 4 aromatic rings. The number of ether oxygens (including phenoxy) is 1. The highest BCUT2D eigenvalue weighted by atomic mass is 32.1. The number of halogens is 1. The Morgan fingerprint density at radius 1 is 1.18 bits per heavy atom. The number of fused-ring (bicyclic) bond motifs is 2. The van der Waals surface area contributed by atoms with Crippen LogP contribution in [0.25, 0.3) is 11.0 Å². The second kappa shape index (κ2) is 7.63. The molecule has 0 radical (unpaired) electrons. The first-order valence-electron chi connectivity index (χ1n) is 10.0. The van der Waals surface area contributed by atoms with Crippen molar-refractivity contribution in [1.29, 1.82) is 0 Å². The van der Waals surface area contributed by atoms with Gasteiger partial charge in [0.05, 0.1) is 23.8 Å². The first-order valence-corrected chi connectivity index (χ1v) is 10.8. The van der Waals surface area contributed by atoms with Crippen LogP contribution >= 0.6 is 11.3 Å². The number of anilines is 1. The summed E-state index contributed by atoms with van der Waals surface area (Å²) >= 11 is 0.934. The van der Waals surface area contributed by atoms with E-state index in [-0.39, 0.29) is 32.5 Å². The molecule has 0 fully saturated rings. The van der Waals surface area contributed by atoms with Crippen molar-refractivity contribution in [2.45, 2.75) is 19.9 Å². The molecule has 1 unspecified atom stereocenters. The van der Waals surface area contributed by atoms with Gasteiger partial charge in [0.15, 0.2) is 10.6 Å². The molecule has 0 bridgehead atoms. The molecule has 1 atom stereocenters. The number of hydrogen-bond donors (Lipinski definition) is 0. The Kier molecular flexibility index (Phi) is 4.86. The number of hydrogen-bond acceptors (Lipinski definition) is 7. The maximum Gasteiger partial charge on any atom is 0.350 e. The number of aryl methyl sites for hydroxylation is 2. The van der Waals surface area contributed by atoms with Gasteiger partial charge in [-0.05, 0) is 32.0 Å². The summed E-state index contributed by atoms with van der Waals surface area (Å²) in [7, 11) is 1.25. The lowest BCUT2D eigenvalue weighted by atomic mass is 9.98. The van der Waals surface area contributed by atoms with E-state index in [2.05, 4.69) is 4.98 Å². The highest BCUT2D eigenvalue weighted by molar-refractivity contribution is 7.17. The van der Waals surface area contributed by atoms with Crippen LogP contribution in [-0.2, 0) is 4.74 Å². The Labute approximate surface area is 191 Å². The zero-order chi connectivity index (χ0) is 23.4. The minimum absolute atomic E-state index is 0.0377. The number of carbonyl (C=O) groups is 2. The number of rotatable bonds is 3. The molecule has 2 aromatic heterocycles. The van der Waals surface area contributed by atoms with E-state index in [4.69, 9.17) is 9.15 Å². The average molecular weight is 464 g/mol. The third-order valence-electron chi connectivity index (χ3n) is 5.59. The van der Waals surface area contributed by atoms with Gasteiger partial charge in [-0.3, -0.25) is 14.5 Å². The smallest absolute Gasteiger partial charge is 0.350 e. The summed E-state index contributed by atoms with van der Waals surface area (Å²) in [6, 6.07) is 9.89. The normalized spacial score (nSPS) is 15.2. The van der Waals surface area contributed by atoms with Gasteiger partial charge in [-0.1, -0.05) is 41.2 Å². The first kappa shape index (κ1) is 21.0. The van der Waals surface area contributed by atoms with E-state index in [0.717, 1.165) is 16.9 Å². The first-order chi connectivity index (χ1) is 15.8. The van der Waals surface area contributed by atoms with Gasteiger partial charge in [0.1, 0.15) is 22.3 Å². The standard InChI is InChI=1S/C24H17FN2O5S/c1-11-8-9-16-14(10-11)19(28)17-18(13-6-4-5-7-15(13)25)27(22(29)20(17)32-16)24-26-12(2)21(33-24)23(30)31-3/h4-10,18H,1-3H3. The van der Waals surface area contributed by atoms with Gasteiger partial charge in [-0.25, -0.2) is 14.2 Å². The second-order valence-electron chi connectivity index (χ2n) is 7.68. The predicted molar refractivity (Wildman–Crippen MR) is 120 cm³/mol. The number of esters is 1. The van der Waals surface area contributed by atoms with Gasteiger partial charge in [0.2, 0.25) is 5.76 Å². The molecule has 1 amide bonds. The van der Waals surface area contributed by atoms with Crippen LogP contribution in [0.2, 0.25) is 0 Å². The van der Waals surface area contributed by atoms with Gasteiger partial charge in [-0.15, -0.1) is 0 Å². The zero-order valence-corrected chi connectivity index (χ0v) is 18.7. The topological polar surface area (TPSA) is 89.7 Å². The summed E-state index contributed by atoms with van der Waals surface area (Å²) in [5.41, 5.74) is 1.21. The number of amides is 1. The van der Waals surface area contributed by atoms with E-state index in [0.29, 0.717) is 11.1 Å². The molecule has 3 heterocycles. The lowest BCUT2D eigenvalue weighted by Crippen LogP contribution is -2.30. The second-order valence-corrected chi connectivity index (χ2v) is 8.65. The molecule has 0 spiro atoms. The van der Waals surface area contributed by atoms with Crippen molar-refractivity contribution in [3.05, 3.63) is 91.5 Å². The van der Waals surface area contributed by atoms with E-state index < -0.39 is 29.2 Å². The number of benzene rings is 2. The maximum absolute atomic E-state index is 15.0. The molecule has 0 saturated carbocycles. The minimum atomic E-state index is -1.11. The average Bonchev–Trinajstić information content (AvgIpc) is 3.31. The van der Waals surface area contributed by atoms with Crippen molar-refractivity contribution in [1.82, 2.24) is 4.98 Å². The lowest BCUT2D eigenvalue weighted by molar-refractivity contribution is 0.0605. The molecule has 0 aliphatic carbocycles. The van der Waals surface area contributed by atoms with E-state index in [1.165, 1.54) is 30.2 Å². The SMILES string of the molecule is COC(=O)c1sc(N2C(=O)c3oc4ccc(C)cc4c(=O)c3C2c2ccccc2F)nc1C. The number of nitrogens with zero attached hydrogens (tertiary/aromatic N) is 2. The van der Waals surface area contributed by atoms with E-state index in [1.54, 1.807) is 31.2 Å². The molecule has 0 saturated heterocycles. The van der Waals surface area contributed by atoms with Crippen molar-refractivity contribution in [2.75, 3.05) is 12.0 Å². The number of thiazole rings is 1. The van der Waals surface area contributed by atoms with Crippen LogP contribution in [0.3, 0.4) is 0 Å². The highest BCUT2D eigenvalue weighted by Gasteiger charge is 2.46. The molecule has 2 aromatic carbocycles. The molecular formula is C24H17FN2O5S. The number of methoxy groups -OCH3 is 1. The molecule has 1 aliphatic heterocycles. The molecule has 7 nitrogen and oxygen atoms in total. The van der Waals surface area contributed by atoms with Crippen LogP contribution in [-0.4, -0.2) is 24.0 Å². The lowest BCUT2D eigenvalue weighted by Gasteiger charge is -2.22. The van der Waals surface area contributed by atoms with Gasteiger partial charge in [0.25, 0.3) is 5.91 Å². The van der Waals surface area contributed by atoms with Crippen LogP contribution in [0.4, 0.5) is 9.52 Å². The van der Waals surface area contributed by atoms with Crippen molar-refractivity contribution < 1.29 is 23.1 Å². The molecule has 33 heavy (non-hydrogen) atoms. The Morgan fingerprint density at radius 2 is 1.94 bits per heavy atom. The van der Waals surface area contributed by atoms with Crippen LogP contribution in [0.5, 0.6) is 0 Å². The minimum Gasteiger partial charge on any atom is -0.465 e. The van der Waals surface area contributed by atoms with Gasteiger partial charge < -0.3 is 9.15 Å². The summed E-state index contributed by atoms with van der Waals surface area (Å²) < 4.78 is 25.6. The molecule has 1 aliphatic rings. The molecule has 166 valence electrons. The van der Waals surface area contributed by atoms with Crippen molar-refractivity contribution in [3.8, 4) is 0 Å². The van der Waals surface area contributed by atoms with Gasteiger partial charge >= 0.3 is 5.97 Å². The van der Waals surface area contributed by atoms with Crippen LogP contribution in [0.1, 0.15) is 48.7 Å². The molecular weight excluding hydrogens is 447 g/mol. The summed E-state index contributed by atoms with van der Waals surface area (Å²) in [5.74, 6) is -1.99. The zero-order valence-electron chi connectivity index (χ0n) is 17.8. The van der Waals surface area contributed by atoms with Gasteiger partial charge in [-0.2, -0.15) is 0 Å². The van der Waals surface area contributed by atoms with E-state index >= 15 is 0 Å². The summed E-state index contributed by atoms with van der Waals surface area (Å²) in [6.45, 7) is 3.45. The third kappa shape index (κ3) is 3.15. The maximum atomic E-state index is 15.0. The van der Waals surface area contributed by atoms with E-state index in [9.17, 15) is 18.8 Å². The Bertz CT molecular complexity index is 1520. The van der Waals surface area contributed by atoms with Crippen molar-refractivity contribution in [2.24, 2.45) is 0 Å². The summed E-state index contributed by atoms with van der Waals surface area (Å²) in [4.78, 5) is 45.0. The van der Waals surface area contributed by atoms with Crippen molar-refractivity contribution >= 4 is 39.3 Å². The van der Waals surface area contributed by atoms with Crippen molar-refractivity contribution in [3.63, 3.8) is 0 Å². The van der Waals surface area contributed by atoms with E-state index in [1.807, 2.05) is 6.92 Å². The summed E-state index contributed by atoms with van der Waals surface area (Å²) in [5, 5.41) is 0.437. The fourth-order valence-electron chi connectivity index (χ4n) is 4.04. The Hall–Kier alpha value is -3.85. The third-order valence-corrected chi connectivity index (χ3v) is 6.72. The van der Waals surface area contributed by atoms with Crippen LogP contribution in [0, 0.1) is 19.7 Å². The Balaban J connectivity index is 1.81. The fourth-order valence-corrected chi connectivity index (χ4v) is 5.05. The quantitative estimate of drug-likeness (QED) is 0.414. The monoisotopic (exact) mass is 464 g/mol. The predicted octanol–water partition coefficient (Wildman–Crippen LogP) is 4.54. The van der Waals surface area contributed by atoms with Gasteiger partial charge in [0, 0.05) is 5.56 Å². The summed E-state index contributed by atoms with van der Waals surface area (Å²) in [6.07, 6.45) is 0.